The Balaban J connectivity index is 1.82. The molecule has 164 valence electrons. The maximum atomic E-state index is 11.5. The van der Waals surface area contributed by atoms with E-state index in [0.29, 0.717) is 16.7 Å². The molecule has 3 aromatic heterocycles. The lowest BCUT2D eigenvalue weighted by Gasteiger charge is -2.19. The number of aromatic amines is 1. The molecule has 0 saturated heterocycles. The summed E-state index contributed by atoms with van der Waals surface area (Å²) in [6.07, 6.45) is 4.28. The van der Waals surface area contributed by atoms with E-state index in [1.807, 2.05) is 36.4 Å². The molecule has 0 saturated carbocycles. The maximum Gasteiger partial charge on any atom is 0.222 e. The number of hydrogen-bond donors (Lipinski definition) is 3. The van der Waals surface area contributed by atoms with Crippen LogP contribution in [0.5, 0.6) is 0 Å². The minimum absolute atomic E-state index is 0.0473. The van der Waals surface area contributed by atoms with Gasteiger partial charge in [0.15, 0.2) is 5.82 Å². The zero-order valence-corrected chi connectivity index (χ0v) is 19.3. The molecule has 1 unspecified atom stereocenters. The maximum absolute atomic E-state index is 11.5. The van der Waals surface area contributed by atoms with Crippen molar-refractivity contribution in [2.45, 2.75) is 26.3 Å². The highest BCUT2D eigenvalue weighted by molar-refractivity contribution is 7.19. The fourth-order valence-corrected chi connectivity index (χ4v) is 4.71. The molecule has 0 radical (unpaired) electrons. The van der Waals surface area contributed by atoms with Gasteiger partial charge in [-0.2, -0.15) is 0 Å². The molecule has 0 fully saturated rings. The Morgan fingerprint density at radius 1 is 1.22 bits per heavy atom. The highest BCUT2D eigenvalue weighted by atomic mass is 35.5. The predicted octanol–water partition coefficient (Wildman–Crippen LogP) is 5.30. The molecule has 0 aliphatic heterocycles. The first-order valence-electron chi connectivity index (χ1n) is 10.3. The van der Waals surface area contributed by atoms with E-state index in [-0.39, 0.29) is 11.9 Å². The molecule has 3 N–H and O–H groups in total. The number of pyridine rings is 1. The standard InChI is InChI=1S/C23H23ClN6OS/c1-3-9-26-21(15-4-6-17(24)7-5-15)18-12-19(32-22(18)23-27-13-28-30-23)16-8-10-25-20(11-16)29-14(2)31/h4-8,10-13,21,26H,3,9H2,1-2H3,(H,25,29,31)(H,27,28,30). The highest BCUT2D eigenvalue weighted by Crippen LogP contribution is 2.41. The molecular formula is C23H23ClN6OS. The van der Waals surface area contributed by atoms with Crippen molar-refractivity contribution in [2.24, 2.45) is 0 Å². The molecule has 9 heteroatoms. The van der Waals surface area contributed by atoms with Gasteiger partial charge < -0.3 is 15.6 Å². The monoisotopic (exact) mass is 466 g/mol. The molecule has 32 heavy (non-hydrogen) atoms. The lowest BCUT2D eigenvalue weighted by Crippen LogP contribution is -2.23. The first-order valence-corrected chi connectivity index (χ1v) is 11.5. The van der Waals surface area contributed by atoms with Gasteiger partial charge >= 0.3 is 0 Å². The summed E-state index contributed by atoms with van der Waals surface area (Å²) in [6.45, 7) is 4.47. The minimum atomic E-state index is -0.157. The van der Waals surface area contributed by atoms with Crippen LogP contribution in [0.4, 0.5) is 5.82 Å². The first-order chi connectivity index (χ1) is 15.5. The van der Waals surface area contributed by atoms with Crippen LogP contribution in [0.25, 0.3) is 21.1 Å². The average molecular weight is 467 g/mol. The Labute approximate surface area is 195 Å². The van der Waals surface area contributed by atoms with Crippen molar-refractivity contribution >= 4 is 34.7 Å². The molecule has 1 aromatic carbocycles. The third-order valence-corrected chi connectivity index (χ3v) is 6.31. The van der Waals surface area contributed by atoms with E-state index >= 15 is 0 Å². The van der Waals surface area contributed by atoms with Crippen LogP contribution in [0, 0.1) is 0 Å². The van der Waals surface area contributed by atoms with Crippen LogP contribution in [-0.2, 0) is 4.79 Å². The Morgan fingerprint density at radius 3 is 2.72 bits per heavy atom. The molecule has 4 aromatic rings. The lowest BCUT2D eigenvalue weighted by molar-refractivity contribution is -0.114. The number of thiophene rings is 1. The van der Waals surface area contributed by atoms with E-state index in [1.54, 1.807) is 23.9 Å². The first kappa shape index (κ1) is 22.1. The summed E-state index contributed by atoms with van der Waals surface area (Å²) < 4.78 is 0. The van der Waals surface area contributed by atoms with Gasteiger partial charge in [0, 0.05) is 23.0 Å². The van der Waals surface area contributed by atoms with Crippen molar-refractivity contribution in [1.29, 1.82) is 0 Å². The highest BCUT2D eigenvalue weighted by Gasteiger charge is 2.23. The SMILES string of the molecule is CCCNC(c1ccc(Cl)cc1)c1cc(-c2ccnc(NC(C)=O)c2)sc1-c1nnc[nH]1. The molecule has 4 rings (SSSR count). The Morgan fingerprint density at radius 2 is 2.03 bits per heavy atom. The van der Waals surface area contributed by atoms with E-state index in [1.165, 1.54) is 6.92 Å². The summed E-state index contributed by atoms with van der Waals surface area (Å²) in [4.78, 5) is 20.9. The molecule has 0 bridgehead atoms. The predicted molar refractivity (Wildman–Crippen MR) is 129 cm³/mol. The molecular weight excluding hydrogens is 444 g/mol. The van der Waals surface area contributed by atoms with Crippen molar-refractivity contribution in [2.75, 3.05) is 11.9 Å². The number of halogens is 1. The van der Waals surface area contributed by atoms with Crippen LogP contribution >= 0.6 is 22.9 Å². The number of rotatable bonds is 8. The minimum Gasteiger partial charge on any atom is -0.327 e. The number of anilines is 1. The molecule has 7 nitrogen and oxygen atoms in total. The number of hydrogen-bond acceptors (Lipinski definition) is 6. The summed E-state index contributed by atoms with van der Waals surface area (Å²) in [5, 5.41) is 15.4. The van der Waals surface area contributed by atoms with Crippen LogP contribution in [-0.4, -0.2) is 32.6 Å². The molecule has 1 amide bonds. The number of nitrogens with one attached hydrogen (secondary N) is 3. The van der Waals surface area contributed by atoms with Gasteiger partial charge in [0.1, 0.15) is 12.1 Å². The number of benzene rings is 1. The van der Waals surface area contributed by atoms with Gasteiger partial charge in [0.05, 0.1) is 10.9 Å². The van der Waals surface area contributed by atoms with E-state index in [4.69, 9.17) is 11.6 Å². The van der Waals surface area contributed by atoms with Gasteiger partial charge in [0.2, 0.25) is 5.91 Å². The topological polar surface area (TPSA) is 95.6 Å². The number of carbonyl (C=O) groups excluding carboxylic acids is 1. The van der Waals surface area contributed by atoms with Gasteiger partial charge in [-0.05, 0) is 60.0 Å². The van der Waals surface area contributed by atoms with E-state index in [0.717, 1.165) is 39.4 Å². The van der Waals surface area contributed by atoms with E-state index in [9.17, 15) is 4.79 Å². The third kappa shape index (κ3) is 5.04. The van der Waals surface area contributed by atoms with Crippen molar-refractivity contribution < 1.29 is 4.79 Å². The van der Waals surface area contributed by atoms with Gasteiger partial charge in [-0.3, -0.25) is 4.79 Å². The third-order valence-electron chi connectivity index (χ3n) is 4.85. The van der Waals surface area contributed by atoms with Crippen molar-refractivity contribution in [3.8, 4) is 21.1 Å². The molecule has 1 atom stereocenters. The molecule has 0 aliphatic rings. The van der Waals surface area contributed by atoms with Crippen molar-refractivity contribution in [1.82, 2.24) is 25.5 Å². The summed E-state index contributed by atoms with van der Waals surface area (Å²) >= 11 is 7.75. The summed E-state index contributed by atoms with van der Waals surface area (Å²) in [7, 11) is 0. The Bertz CT molecular complexity index is 1190. The lowest BCUT2D eigenvalue weighted by atomic mass is 9.97. The molecule has 3 heterocycles. The molecule has 0 spiro atoms. The van der Waals surface area contributed by atoms with Crippen LogP contribution < -0.4 is 10.6 Å². The number of amides is 1. The van der Waals surface area contributed by atoms with E-state index < -0.39 is 0 Å². The fraction of sp³-hybridized carbons (Fsp3) is 0.217. The Hall–Kier alpha value is -3.07. The van der Waals surface area contributed by atoms with Crippen LogP contribution in [0.15, 0.2) is 55.0 Å². The number of H-pyrrole nitrogens is 1. The summed E-state index contributed by atoms with van der Waals surface area (Å²) in [5.41, 5.74) is 3.17. The average Bonchev–Trinajstić information content (AvgIpc) is 3.45. The second-order valence-electron chi connectivity index (χ2n) is 7.28. The summed E-state index contributed by atoms with van der Waals surface area (Å²) in [5.74, 6) is 1.07. The zero-order valence-electron chi connectivity index (χ0n) is 17.7. The Kier molecular flexibility index (Phi) is 6.94. The quantitative estimate of drug-likeness (QED) is 0.327. The van der Waals surface area contributed by atoms with Crippen molar-refractivity contribution in [3.63, 3.8) is 0 Å². The largest absolute Gasteiger partial charge is 0.327 e. The van der Waals surface area contributed by atoms with Gasteiger partial charge in [0.25, 0.3) is 0 Å². The number of nitrogens with zero attached hydrogens (tertiary/aromatic N) is 3. The zero-order chi connectivity index (χ0) is 22.5. The van der Waals surface area contributed by atoms with Gasteiger partial charge in [-0.1, -0.05) is 30.7 Å². The number of carbonyl (C=O) groups is 1. The number of aromatic nitrogens is 4. The van der Waals surface area contributed by atoms with E-state index in [2.05, 4.69) is 43.8 Å². The van der Waals surface area contributed by atoms with Gasteiger partial charge in [-0.25, -0.2) is 4.98 Å². The smallest absolute Gasteiger partial charge is 0.222 e. The summed E-state index contributed by atoms with van der Waals surface area (Å²) in [6, 6.07) is 13.8. The second-order valence-corrected chi connectivity index (χ2v) is 8.77. The fourth-order valence-electron chi connectivity index (χ4n) is 3.45. The molecule has 0 aliphatic carbocycles. The van der Waals surface area contributed by atoms with Crippen LogP contribution in [0.2, 0.25) is 5.02 Å². The van der Waals surface area contributed by atoms with Crippen LogP contribution in [0.3, 0.4) is 0 Å². The second kappa shape index (κ2) is 10.0. The van der Waals surface area contributed by atoms with Crippen LogP contribution in [0.1, 0.15) is 37.4 Å². The van der Waals surface area contributed by atoms with Gasteiger partial charge in [-0.15, -0.1) is 21.5 Å². The van der Waals surface area contributed by atoms with Crippen molar-refractivity contribution in [3.05, 3.63) is 71.1 Å². The normalized spacial score (nSPS) is 12.0.